The van der Waals surface area contributed by atoms with Gasteiger partial charge >= 0.3 is 6.08 Å². The van der Waals surface area contributed by atoms with Gasteiger partial charge in [-0.2, -0.15) is 4.98 Å². The summed E-state index contributed by atoms with van der Waals surface area (Å²) < 4.78 is 15.4. The molecule has 0 bridgehead atoms. The van der Waals surface area contributed by atoms with Crippen molar-refractivity contribution in [3.05, 3.63) is 12.0 Å². The molecule has 1 N–H and O–H groups in total. The average molecular weight is 215 g/mol. The lowest BCUT2D eigenvalue weighted by Gasteiger charge is -2.02. The molecule has 0 amide bonds. The first-order chi connectivity index (χ1) is 7.36. The first-order valence-corrected chi connectivity index (χ1v) is 5.12. The van der Waals surface area contributed by atoms with Gasteiger partial charge < -0.3 is 19.0 Å². The third kappa shape index (κ3) is 4.80. The summed E-state index contributed by atoms with van der Waals surface area (Å²) in [4.78, 5) is 3.87. The summed E-state index contributed by atoms with van der Waals surface area (Å²) in [6.45, 7) is 3.67. The van der Waals surface area contributed by atoms with E-state index in [0.717, 1.165) is 19.4 Å². The van der Waals surface area contributed by atoms with Crippen LogP contribution >= 0.6 is 0 Å². The summed E-state index contributed by atoms with van der Waals surface area (Å²) >= 11 is 0. The van der Waals surface area contributed by atoms with Crippen molar-refractivity contribution in [3.63, 3.8) is 0 Å². The molecule has 1 aromatic rings. The Morgan fingerprint density at radius 3 is 2.93 bits per heavy atom. The zero-order chi connectivity index (χ0) is 10.9. The number of rotatable bonds is 8. The summed E-state index contributed by atoms with van der Waals surface area (Å²) in [7, 11) is 0. The predicted octanol–water partition coefficient (Wildman–Crippen LogP) is 1.36. The van der Waals surface area contributed by atoms with Gasteiger partial charge in [-0.1, -0.05) is 13.3 Å². The van der Waals surface area contributed by atoms with Crippen LogP contribution in [0.4, 0.5) is 0 Å². The highest BCUT2D eigenvalue weighted by atomic mass is 16.6. The third-order valence-corrected chi connectivity index (χ3v) is 1.79. The van der Waals surface area contributed by atoms with Crippen LogP contribution in [0.2, 0.25) is 0 Å². The maximum Gasteiger partial charge on any atom is 0.393 e. The molecule has 0 radical (unpaired) electrons. The van der Waals surface area contributed by atoms with Crippen LogP contribution in [-0.2, 0) is 11.3 Å². The van der Waals surface area contributed by atoms with Crippen molar-refractivity contribution in [2.45, 2.75) is 26.4 Å². The van der Waals surface area contributed by atoms with Crippen molar-refractivity contribution < 1.29 is 19.0 Å². The lowest BCUT2D eigenvalue weighted by molar-refractivity contribution is 0.0864. The van der Waals surface area contributed by atoms with E-state index in [9.17, 15) is 0 Å². The zero-order valence-electron chi connectivity index (χ0n) is 8.94. The molecule has 0 saturated heterocycles. The second-order valence-electron chi connectivity index (χ2n) is 3.08. The Hall–Kier alpha value is -1.07. The van der Waals surface area contributed by atoms with Gasteiger partial charge in [0.1, 0.15) is 18.6 Å². The monoisotopic (exact) mass is 215 g/mol. The van der Waals surface area contributed by atoms with Crippen molar-refractivity contribution in [1.82, 2.24) is 4.98 Å². The fraction of sp³-hybridized carbons (Fsp3) is 0.700. The molecule has 0 spiro atoms. The number of hydrogen-bond acceptors (Lipinski definition) is 5. The van der Waals surface area contributed by atoms with Gasteiger partial charge in [0, 0.05) is 6.61 Å². The minimum absolute atomic E-state index is 0.139. The molecule has 0 atom stereocenters. The Morgan fingerprint density at radius 1 is 1.40 bits per heavy atom. The lowest BCUT2D eigenvalue weighted by atomic mass is 10.4. The van der Waals surface area contributed by atoms with E-state index < -0.39 is 0 Å². The van der Waals surface area contributed by atoms with Crippen molar-refractivity contribution in [2.24, 2.45) is 0 Å². The second kappa shape index (κ2) is 7.25. The van der Waals surface area contributed by atoms with Crippen LogP contribution in [0.1, 0.15) is 25.5 Å². The van der Waals surface area contributed by atoms with Crippen LogP contribution < -0.4 is 4.74 Å². The van der Waals surface area contributed by atoms with Gasteiger partial charge in [-0.3, -0.25) is 0 Å². The number of hydrogen-bond donors (Lipinski definition) is 1. The topological polar surface area (TPSA) is 64.7 Å². The smallest absolute Gasteiger partial charge is 0.393 e. The molecule has 86 valence electrons. The van der Waals surface area contributed by atoms with Crippen molar-refractivity contribution >= 4 is 0 Å². The maximum atomic E-state index is 8.72. The van der Waals surface area contributed by atoms with Crippen LogP contribution in [0.3, 0.4) is 0 Å². The summed E-state index contributed by atoms with van der Waals surface area (Å²) in [5.74, 6) is 0. The summed E-state index contributed by atoms with van der Waals surface area (Å²) in [5, 5.41) is 8.72. The number of ether oxygens (including phenoxy) is 2. The van der Waals surface area contributed by atoms with E-state index >= 15 is 0 Å². The Kier molecular flexibility index (Phi) is 5.80. The minimum atomic E-state index is -0.139. The van der Waals surface area contributed by atoms with Crippen LogP contribution in [0, 0.1) is 0 Å². The third-order valence-electron chi connectivity index (χ3n) is 1.79. The average Bonchev–Trinajstić information content (AvgIpc) is 2.71. The van der Waals surface area contributed by atoms with E-state index in [1.807, 2.05) is 0 Å². The van der Waals surface area contributed by atoms with Crippen molar-refractivity contribution in [2.75, 3.05) is 19.8 Å². The highest BCUT2D eigenvalue weighted by molar-refractivity contribution is 4.97. The quantitative estimate of drug-likeness (QED) is 0.663. The number of aromatic nitrogens is 1. The maximum absolute atomic E-state index is 8.72. The van der Waals surface area contributed by atoms with E-state index in [4.69, 9.17) is 19.0 Å². The second-order valence-corrected chi connectivity index (χ2v) is 3.08. The lowest BCUT2D eigenvalue weighted by Crippen LogP contribution is -2.07. The molecule has 0 aliphatic heterocycles. The van der Waals surface area contributed by atoms with Gasteiger partial charge in [-0.25, -0.2) is 0 Å². The first kappa shape index (κ1) is 12.0. The molecule has 0 aromatic carbocycles. The molecule has 0 fully saturated rings. The fourth-order valence-corrected chi connectivity index (χ4v) is 0.964. The fourth-order valence-electron chi connectivity index (χ4n) is 0.964. The van der Waals surface area contributed by atoms with Gasteiger partial charge in [0.15, 0.2) is 0 Å². The van der Waals surface area contributed by atoms with E-state index in [-0.39, 0.29) is 12.7 Å². The summed E-state index contributed by atoms with van der Waals surface area (Å²) in [5.41, 5.74) is 0.469. The molecule has 0 aliphatic carbocycles. The number of nitrogens with zero attached hydrogens (tertiary/aromatic N) is 1. The zero-order valence-corrected chi connectivity index (χ0v) is 8.94. The van der Waals surface area contributed by atoms with Crippen LogP contribution in [0.5, 0.6) is 6.08 Å². The van der Waals surface area contributed by atoms with Gasteiger partial charge in [0.05, 0.1) is 13.2 Å². The Labute approximate surface area is 89.0 Å². The Balaban J connectivity index is 2.04. The van der Waals surface area contributed by atoms with E-state index in [1.54, 1.807) is 0 Å². The Morgan fingerprint density at radius 2 is 2.27 bits per heavy atom. The van der Waals surface area contributed by atoms with E-state index in [0.29, 0.717) is 18.9 Å². The largest absolute Gasteiger partial charge is 0.448 e. The van der Waals surface area contributed by atoms with Crippen LogP contribution in [0.25, 0.3) is 0 Å². The number of aliphatic hydroxyl groups is 1. The molecular formula is C10H17NO4. The molecule has 0 saturated carbocycles. The van der Waals surface area contributed by atoms with Gasteiger partial charge in [-0.15, -0.1) is 0 Å². The number of aliphatic hydroxyl groups excluding tert-OH is 1. The van der Waals surface area contributed by atoms with Crippen molar-refractivity contribution in [3.8, 4) is 6.08 Å². The van der Waals surface area contributed by atoms with Crippen LogP contribution in [0.15, 0.2) is 10.7 Å². The van der Waals surface area contributed by atoms with E-state index in [2.05, 4.69) is 11.9 Å². The van der Waals surface area contributed by atoms with Gasteiger partial charge in [0.2, 0.25) is 0 Å². The number of oxazole rings is 1. The molecule has 1 aromatic heterocycles. The molecule has 15 heavy (non-hydrogen) atoms. The molecule has 1 heterocycles. The van der Waals surface area contributed by atoms with Gasteiger partial charge in [0.25, 0.3) is 0 Å². The highest BCUT2D eigenvalue weighted by Gasteiger charge is 2.02. The number of unbranched alkanes of at least 4 members (excludes halogenated alkanes) is 1. The molecule has 0 aliphatic rings. The van der Waals surface area contributed by atoms with Crippen molar-refractivity contribution in [1.29, 1.82) is 0 Å². The molecule has 5 nitrogen and oxygen atoms in total. The summed E-state index contributed by atoms with van der Waals surface area (Å²) in [6.07, 6.45) is 3.74. The Bertz CT molecular complexity index is 262. The molecular weight excluding hydrogens is 198 g/mol. The normalized spacial score (nSPS) is 10.5. The molecule has 0 unspecified atom stereocenters. The van der Waals surface area contributed by atoms with Gasteiger partial charge in [-0.05, 0) is 6.42 Å². The highest BCUT2D eigenvalue weighted by Crippen LogP contribution is 2.09. The van der Waals surface area contributed by atoms with Crippen LogP contribution in [-0.4, -0.2) is 29.9 Å². The SMILES string of the molecule is CCCCOCCOc1nc(CO)co1. The summed E-state index contributed by atoms with van der Waals surface area (Å²) in [6, 6.07) is 0. The standard InChI is InChI=1S/C10H17NO4/c1-2-3-4-13-5-6-14-10-11-9(7-12)8-15-10/h8,12H,2-7H2,1H3. The molecule has 5 heteroatoms. The molecule has 1 rings (SSSR count). The predicted molar refractivity (Wildman–Crippen MR) is 53.6 cm³/mol. The van der Waals surface area contributed by atoms with E-state index in [1.165, 1.54) is 6.26 Å². The minimum Gasteiger partial charge on any atom is -0.448 e. The first-order valence-electron chi connectivity index (χ1n) is 5.12.